The number of aliphatic carboxylic acids is 1. The van der Waals surface area contributed by atoms with Crippen LogP contribution in [0.5, 0.6) is 0 Å². The van der Waals surface area contributed by atoms with Crippen molar-refractivity contribution in [3.63, 3.8) is 0 Å². The quantitative estimate of drug-likeness (QED) is 0.819. The van der Waals surface area contributed by atoms with Crippen LogP contribution in [0.2, 0.25) is 0 Å². The van der Waals surface area contributed by atoms with E-state index in [9.17, 15) is 9.18 Å². The summed E-state index contributed by atoms with van der Waals surface area (Å²) in [5, 5.41) is 12.2. The summed E-state index contributed by atoms with van der Waals surface area (Å²) in [6, 6.07) is 5.41. The average molecular weight is 253 g/mol. The largest absolute Gasteiger partial charge is 0.480 e. The van der Waals surface area contributed by atoms with Gasteiger partial charge in [-0.2, -0.15) is 0 Å². The molecule has 0 heterocycles. The molecule has 1 aromatic rings. The highest BCUT2D eigenvalue weighted by molar-refractivity contribution is 5.73. The average Bonchev–Trinajstić information content (AvgIpc) is 2.27. The molecule has 2 N–H and O–H groups in total. The summed E-state index contributed by atoms with van der Waals surface area (Å²) in [6.07, 6.45) is 0.551. The van der Waals surface area contributed by atoms with Gasteiger partial charge in [0.05, 0.1) is 0 Å². The van der Waals surface area contributed by atoms with Crippen LogP contribution in [0.1, 0.15) is 38.8 Å². The van der Waals surface area contributed by atoms with Crippen molar-refractivity contribution in [2.45, 2.75) is 39.3 Å². The van der Waals surface area contributed by atoms with Crippen LogP contribution in [0.15, 0.2) is 24.3 Å². The van der Waals surface area contributed by atoms with Crippen molar-refractivity contribution in [2.75, 3.05) is 0 Å². The van der Waals surface area contributed by atoms with Crippen molar-refractivity contribution in [3.05, 3.63) is 35.6 Å². The molecule has 0 radical (unpaired) electrons. The minimum Gasteiger partial charge on any atom is -0.480 e. The van der Waals surface area contributed by atoms with E-state index in [1.807, 2.05) is 20.8 Å². The van der Waals surface area contributed by atoms with Crippen LogP contribution in [0, 0.1) is 11.7 Å². The molecule has 0 amide bonds. The van der Waals surface area contributed by atoms with E-state index < -0.39 is 12.0 Å². The summed E-state index contributed by atoms with van der Waals surface area (Å²) in [5.74, 6) is -0.887. The highest BCUT2D eigenvalue weighted by Gasteiger charge is 2.21. The standard InChI is InChI=1S/C14H20FNO2/c1-9(2)7-13(14(17)18)16-10(3)11-5-4-6-12(15)8-11/h4-6,8-10,13,16H,7H2,1-3H3,(H,17,18). The van der Waals surface area contributed by atoms with E-state index in [-0.39, 0.29) is 11.9 Å². The van der Waals surface area contributed by atoms with Gasteiger partial charge in [-0.1, -0.05) is 26.0 Å². The molecule has 0 aliphatic heterocycles. The first-order chi connectivity index (χ1) is 8.40. The predicted octanol–water partition coefficient (Wildman–Crippen LogP) is 2.98. The van der Waals surface area contributed by atoms with Crippen molar-refractivity contribution in [1.29, 1.82) is 0 Å². The Hall–Kier alpha value is -1.42. The second-order valence-electron chi connectivity index (χ2n) is 4.96. The molecular weight excluding hydrogens is 233 g/mol. The Bertz CT molecular complexity index is 407. The van der Waals surface area contributed by atoms with Gasteiger partial charge in [-0.15, -0.1) is 0 Å². The van der Waals surface area contributed by atoms with Crippen molar-refractivity contribution < 1.29 is 14.3 Å². The van der Waals surface area contributed by atoms with E-state index in [1.165, 1.54) is 12.1 Å². The van der Waals surface area contributed by atoms with E-state index in [0.29, 0.717) is 12.3 Å². The van der Waals surface area contributed by atoms with Crippen LogP contribution in [0.25, 0.3) is 0 Å². The van der Waals surface area contributed by atoms with Crippen molar-refractivity contribution in [1.82, 2.24) is 5.32 Å². The van der Waals surface area contributed by atoms with Crippen LogP contribution in [-0.2, 0) is 4.79 Å². The molecular formula is C14H20FNO2. The summed E-state index contributed by atoms with van der Waals surface area (Å²) in [5.41, 5.74) is 0.755. The molecule has 2 atom stereocenters. The molecule has 2 unspecified atom stereocenters. The maximum Gasteiger partial charge on any atom is 0.320 e. The molecule has 3 nitrogen and oxygen atoms in total. The minimum atomic E-state index is -0.869. The molecule has 4 heteroatoms. The maximum absolute atomic E-state index is 13.1. The SMILES string of the molecule is CC(C)CC(NC(C)c1cccc(F)c1)C(=O)O. The van der Waals surface area contributed by atoms with Gasteiger partial charge in [0.15, 0.2) is 0 Å². The first kappa shape index (κ1) is 14.6. The van der Waals surface area contributed by atoms with Gasteiger partial charge in [-0.25, -0.2) is 4.39 Å². The minimum absolute atomic E-state index is 0.194. The normalized spacial score (nSPS) is 14.5. The lowest BCUT2D eigenvalue weighted by Gasteiger charge is -2.21. The Morgan fingerprint density at radius 2 is 2.06 bits per heavy atom. The first-order valence-corrected chi connectivity index (χ1v) is 6.14. The molecule has 0 bridgehead atoms. The third-order valence-electron chi connectivity index (χ3n) is 2.81. The van der Waals surface area contributed by atoms with Gasteiger partial charge in [0.2, 0.25) is 0 Å². The maximum atomic E-state index is 13.1. The van der Waals surface area contributed by atoms with Gasteiger partial charge in [0.25, 0.3) is 0 Å². The van der Waals surface area contributed by atoms with E-state index in [1.54, 1.807) is 12.1 Å². The second kappa shape index (κ2) is 6.50. The van der Waals surface area contributed by atoms with Crippen LogP contribution in [-0.4, -0.2) is 17.1 Å². The lowest BCUT2D eigenvalue weighted by atomic mass is 10.0. The van der Waals surface area contributed by atoms with Crippen molar-refractivity contribution >= 4 is 5.97 Å². The molecule has 0 aliphatic carbocycles. The molecule has 100 valence electrons. The van der Waals surface area contributed by atoms with E-state index in [0.717, 1.165) is 5.56 Å². The number of carboxylic acids is 1. The molecule has 0 spiro atoms. The third kappa shape index (κ3) is 4.45. The number of halogens is 1. The number of rotatable bonds is 6. The van der Waals surface area contributed by atoms with Gasteiger partial charge in [-0.05, 0) is 37.0 Å². The zero-order valence-corrected chi connectivity index (χ0v) is 11.0. The predicted molar refractivity (Wildman–Crippen MR) is 68.8 cm³/mol. The Morgan fingerprint density at radius 1 is 1.39 bits per heavy atom. The van der Waals surface area contributed by atoms with Gasteiger partial charge < -0.3 is 5.11 Å². The number of carbonyl (C=O) groups is 1. The van der Waals surface area contributed by atoms with Crippen LogP contribution >= 0.6 is 0 Å². The molecule has 18 heavy (non-hydrogen) atoms. The summed E-state index contributed by atoms with van der Waals surface area (Å²) < 4.78 is 13.1. The number of hydrogen-bond donors (Lipinski definition) is 2. The zero-order valence-electron chi connectivity index (χ0n) is 11.0. The smallest absolute Gasteiger partial charge is 0.320 e. The van der Waals surface area contributed by atoms with Crippen molar-refractivity contribution in [2.24, 2.45) is 5.92 Å². The molecule has 0 saturated carbocycles. The molecule has 1 rings (SSSR count). The first-order valence-electron chi connectivity index (χ1n) is 6.14. The fraction of sp³-hybridized carbons (Fsp3) is 0.500. The summed E-state index contributed by atoms with van der Waals surface area (Å²) in [6.45, 7) is 5.79. The number of carboxylic acid groups (broad SMARTS) is 1. The zero-order chi connectivity index (χ0) is 13.7. The van der Waals surface area contributed by atoms with Crippen molar-refractivity contribution in [3.8, 4) is 0 Å². The Kier molecular flexibility index (Phi) is 5.28. The number of benzene rings is 1. The second-order valence-corrected chi connectivity index (χ2v) is 4.96. The number of hydrogen-bond acceptors (Lipinski definition) is 2. The molecule has 0 saturated heterocycles. The topological polar surface area (TPSA) is 49.3 Å². The molecule has 0 aromatic heterocycles. The Morgan fingerprint density at radius 3 is 2.56 bits per heavy atom. The Balaban J connectivity index is 2.72. The van der Waals surface area contributed by atoms with Gasteiger partial charge >= 0.3 is 5.97 Å². The van der Waals surface area contributed by atoms with E-state index in [2.05, 4.69) is 5.32 Å². The van der Waals surface area contributed by atoms with Gasteiger partial charge in [0, 0.05) is 6.04 Å². The van der Waals surface area contributed by atoms with Crippen LogP contribution < -0.4 is 5.32 Å². The Labute approximate surface area is 107 Å². The van der Waals surface area contributed by atoms with Gasteiger partial charge in [0.1, 0.15) is 11.9 Å². The highest BCUT2D eigenvalue weighted by atomic mass is 19.1. The van der Waals surface area contributed by atoms with Crippen LogP contribution in [0.4, 0.5) is 4.39 Å². The monoisotopic (exact) mass is 253 g/mol. The number of nitrogens with one attached hydrogen (secondary N) is 1. The summed E-state index contributed by atoms with van der Waals surface area (Å²) >= 11 is 0. The lowest BCUT2D eigenvalue weighted by molar-refractivity contribution is -0.140. The summed E-state index contributed by atoms with van der Waals surface area (Å²) in [4.78, 5) is 11.1. The molecule has 1 aromatic carbocycles. The summed E-state index contributed by atoms with van der Waals surface area (Å²) in [7, 11) is 0. The van der Waals surface area contributed by atoms with E-state index >= 15 is 0 Å². The lowest BCUT2D eigenvalue weighted by Crippen LogP contribution is -2.39. The van der Waals surface area contributed by atoms with Crippen LogP contribution in [0.3, 0.4) is 0 Å². The fourth-order valence-electron chi connectivity index (χ4n) is 1.89. The molecule has 0 fully saturated rings. The fourth-order valence-corrected chi connectivity index (χ4v) is 1.89. The molecule has 0 aliphatic rings. The highest BCUT2D eigenvalue weighted by Crippen LogP contribution is 2.16. The van der Waals surface area contributed by atoms with Gasteiger partial charge in [-0.3, -0.25) is 10.1 Å². The van der Waals surface area contributed by atoms with E-state index in [4.69, 9.17) is 5.11 Å². The third-order valence-corrected chi connectivity index (χ3v) is 2.81.